The van der Waals surface area contributed by atoms with E-state index in [1.54, 1.807) is 24.3 Å². The highest BCUT2D eigenvalue weighted by Crippen LogP contribution is 2.17. The zero-order valence-electron chi connectivity index (χ0n) is 11.1. The van der Waals surface area contributed by atoms with Gasteiger partial charge in [-0.15, -0.1) is 0 Å². The second-order valence-corrected chi connectivity index (χ2v) is 4.39. The van der Waals surface area contributed by atoms with Crippen molar-refractivity contribution in [1.29, 1.82) is 0 Å². The van der Waals surface area contributed by atoms with E-state index in [-0.39, 0.29) is 18.2 Å². The van der Waals surface area contributed by atoms with Gasteiger partial charge in [0, 0.05) is 18.2 Å². The summed E-state index contributed by atoms with van der Waals surface area (Å²) in [7, 11) is 0. The second-order valence-electron chi connectivity index (χ2n) is 4.39. The first-order valence-corrected chi connectivity index (χ1v) is 6.27. The summed E-state index contributed by atoms with van der Waals surface area (Å²) in [6.07, 6.45) is 2.73. The van der Waals surface area contributed by atoms with Gasteiger partial charge in [0.15, 0.2) is 11.6 Å². The van der Waals surface area contributed by atoms with Gasteiger partial charge in [0.1, 0.15) is 5.75 Å². The van der Waals surface area contributed by atoms with Crippen LogP contribution in [0.3, 0.4) is 0 Å². The molecule has 0 saturated carbocycles. The number of para-hydroxylation sites is 1. The molecule has 3 N–H and O–H groups in total. The van der Waals surface area contributed by atoms with Crippen LogP contribution in [0.2, 0.25) is 0 Å². The molecular weight excluding hydrogens is 273 g/mol. The van der Waals surface area contributed by atoms with E-state index in [0.29, 0.717) is 11.1 Å². The van der Waals surface area contributed by atoms with Crippen LogP contribution in [0, 0.1) is 5.82 Å². The number of aromatic hydroxyl groups is 2. The summed E-state index contributed by atoms with van der Waals surface area (Å²) in [6, 6.07) is 10.5. The molecule has 108 valence electrons. The number of phenolic OH excluding ortho intramolecular Hbond substituents is 2. The third-order valence-electron chi connectivity index (χ3n) is 2.84. The molecule has 0 heterocycles. The maximum Gasteiger partial charge on any atom is 0.244 e. The Balaban J connectivity index is 1.94. The number of hydrogen-bond acceptors (Lipinski definition) is 3. The minimum Gasteiger partial charge on any atom is -0.508 e. The van der Waals surface area contributed by atoms with Gasteiger partial charge in [-0.05, 0) is 29.8 Å². The van der Waals surface area contributed by atoms with Crippen LogP contribution in [0.1, 0.15) is 11.1 Å². The molecule has 0 fully saturated rings. The highest BCUT2D eigenvalue weighted by atomic mass is 19.1. The van der Waals surface area contributed by atoms with E-state index in [1.807, 2.05) is 0 Å². The van der Waals surface area contributed by atoms with Gasteiger partial charge in [-0.25, -0.2) is 4.39 Å². The van der Waals surface area contributed by atoms with Crippen LogP contribution in [-0.4, -0.2) is 16.1 Å². The number of hydrogen-bond donors (Lipinski definition) is 3. The maximum atomic E-state index is 12.9. The molecule has 0 unspecified atom stereocenters. The SMILES string of the molecule is O=C(/C=C/c1ccc(F)c(O)c1)NCc1ccccc1O. The molecule has 0 aliphatic heterocycles. The zero-order valence-corrected chi connectivity index (χ0v) is 11.1. The average molecular weight is 287 g/mol. The Morgan fingerprint density at radius 1 is 1.14 bits per heavy atom. The van der Waals surface area contributed by atoms with Crippen LogP contribution in [-0.2, 0) is 11.3 Å². The molecule has 0 spiro atoms. The van der Waals surface area contributed by atoms with Gasteiger partial charge in [0.25, 0.3) is 0 Å². The largest absolute Gasteiger partial charge is 0.508 e. The third kappa shape index (κ3) is 4.07. The normalized spacial score (nSPS) is 10.7. The van der Waals surface area contributed by atoms with Crippen molar-refractivity contribution >= 4 is 12.0 Å². The third-order valence-corrected chi connectivity index (χ3v) is 2.84. The molecule has 2 rings (SSSR count). The number of phenols is 2. The molecule has 4 nitrogen and oxygen atoms in total. The predicted octanol–water partition coefficient (Wildman–Crippen LogP) is 2.57. The van der Waals surface area contributed by atoms with Gasteiger partial charge in [-0.3, -0.25) is 4.79 Å². The number of carbonyl (C=O) groups is 1. The summed E-state index contributed by atoms with van der Waals surface area (Å²) in [6.45, 7) is 0.199. The van der Waals surface area contributed by atoms with Crippen molar-refractivity contribution < 1.29 is 19.4 Å². The number of halogens is 1. The number of rotatable bonds is 4. The lowest BCUT2D eigenvalue weighted by Gasteiger charge is -2.04. The van der Waals surface area contributed by atoms with E-state index < -0.39 is 11.6 Å². The predicted molar refractivity (Wildman–Crippen MR) is 77.1 cm³/mol. The van der Waals surface area contributed by atoms with Crippen molar-refractivity contribution in [3.05, 3.63) is 65.5 Å². The number of nitrogens with one attached hydrogen (secondary N) is 1. The Morgan fingerprint density at radius 3 is 2.62 bits per heavy atom. The van der Waals surface area contributed by atoms with Crippen LogP contribution < -0.4 is 5.32 Å². The molecule has 0 aromatic heterocycles. The summed E-state index contributed by atoms with van der Waals surface area (Å²) in [5.41, 5.74) is 1.12. The Bertz CT molecular complexity index is 683. The van der Waals surface area contributed by atoms with Crippen molar-refractivity contribution in [2.45, 2.75) is 6.54 Å². The van der Waals surface area contributed by atoms with Gasteiger partial charge < -0.3 is 15.5 Å². The van der Waals surface area contributed by atoms with Crippen molar-refractivity contribution in [3.63, 3.8) is 0 Å². The highest BCUT2D eigenvalue weighted by molar-refractivity contribution is 5.91. The fraction of sp³-hybridized carbons (Fsp3) is 0.0625. The fourth-order valence-corrected chi connectivity index (χ4v) is 1.71. The summed E-state index contributed by atoms with van der Waals surface area (Å²) in [4.78, 5) is 11.6. The summed E-state index contributed by atoms with van der Waals surface area (Å²) in [5.74, 6) is -1.42. The van der Waals surface area contributed by atoms with Gasteiger partial charge in [0.05, 0.1) is 0 Å². The number of amides is 1. The summed E-state index contributed by atoms with van der Waals surface area (Å²) >= 11 is 0. The van der Waals surface area contributed by atoms with E-state index >= 15 is 0 Å². The Kier molecular flexibility index (Phi) is 4.56. The van der Waals surface area contributed by atoms with Gasteiger partial charge in [-0.2, -0.15) is 0 Å². The lowest BCUT2D eigenvalue weighted by molar-refractivity contribution is -0.116. The molecule has 0 aliphatic carbocycles. The maximum absolute atomic E-state index is 12.9. The number of benzene rings is 2. The minimum atomic E-state index is -0.712. The molecule has 1 amide bonds. The molecule has 21 heavy (non-hydrogen) atoms. The van der Waals surface area contributed by atoms with Crippen molar-refractivity contribution in [1.82, 2.24) is 5.32 Å². The van der Waals surface area contributed by atoms with E-state index in [4.69, 9.17) is 0 Å². The molecule has 0 aliphatic rings. The van der Waals surface area contributed by atoms with Gasteiger partial charge >= 0.3 is 0 Å². The molecule has 0 saturated heterocycles. The first kappa shape index (κ1) is 14.6. The molecule has 0 bridgehead atoms. The minimum absolute atomic E-state index is 0.116. The molecule has 0 atom stereocenters. The van der Waals surface area contributed by atoms with Crippen molar-refractivity contribution in [2.75, 3.05) is 0 Å². The summed E-state index contributed by atoms with van der Waals surface area (Å²) in [5, 5.41) is 21.4. The van der Waals surface area contributed by atoms with Crippen molar-refractivity contribution in [3.8, 4) is 11.5 Å². The fourth-order valence-electron chi connectivity index (χ4n) is 1.71. The van der Waals surface area contributed by atoms with Crippen LogP contribution in [0.15, 0.2) is 48.5 Å². The van der Waals surface area contributed by atoms with Crippen molar-refractivity contribution in [2.24, 2.45) is 0 Å². The highest BCUT2D eigenvalue weighted by Gasteiger charge is 2.02. The van der Waals surface area contributed by atoms with E-state index in [1.165, 1.54) is 24.3 Å². The summed E-state index contributed by atoms with van der Waals surface area (Å²) < 4.78 is 12.9. The molecule has 2 aromatic carbocycles. The molecular formula is C16H14FNO3. The van der Waals surface area contributed by atoms with Crippen LogP contribution in [0.5, 0.6) is 11.5 Å². The van der Waals surface area contributed by atoms with Crippen LogP contribution in [0.4, 0.5) is 4.39 Å². The van der Waals surface area contributed by atoms with E-state index in [2.05, 4.69) is 5.32 Å². The Hall–Kier alpha value is -2.82. The van der Waals surface area contributed by atoms with E-state index in [9.17, 15) is 19.4 Å². The Labute approximate surface area is 121 Å². The lowest BCUT2D eigenvalue weighted by Crippen LogP contribution is -2.20. The first-order chi connectivity index (χ1) is 10.1. The average Bonchev–Trinajstić information content (AvgIpc) is 2.47. The number of carbonyl (C=O) groups excluding carboxylic acids is 1. The smallest absolute Gasteiger partial charge is 0.244 e. The first-order valence-electron chi connectivity index (χ1n) is 6.27. The van der Waals surface area contributed by atoms with Crippen LogP contribution in [0.25, 0.3) is 6.08 Å². The van der Waals surface area contributed by atoms with Gasteiger partial charge in [-0.1, -0.05) is 24.3 Å². The molecule has 0 radical (unpaired) electrons. The Morgan fingerprint density at radius 2 is 1.90 bits per heavy atom. The molecule has 5 heteroatoms. The van der Waals surface area contributed by atoms with Crippen LogP contribution >= 0.6 is 0 Å². The lowest BCUT2D eigenvalue weighted by atomic mass is 10.2. The monoisotopic (exact) mass is 287 g/mol. The topological polar surface area (TPSA) is 69.6 Å². The van der Waals surface area contributed by atoms with Gasteiger partial charge in [0.2, 0.25) is 5.91 Å². The quantitative estimate of drug-likeness (QED) is 0.757. The second kappa shape index (κ2) is 6.56. The zero-order chi connectivity index (χ0) is 15.2. The van der Waals surface area contributed by atoms with E-state index in [0.717, 1.165) is 6.07 Å². The standard InChI is InChI=1S/C16H14FNO3/c17-13-7-5-11(9-15(13)20)6-8-16(21)18-10-12-3-1-2-4-14(12)19/h1-9,19-20H,10H2,(H,18,21)/b8-6+. The molecule has 2 aromatic rings.